The Labute approximate surface area is 286 Å². The van der Waals surface area contributed by atoms with Gasteiger partial charge in [-0.1, -0.05) is 6.07 Å². The van der Waals surface area contributed by atoms with Crippen LogP contribution in [-0.2, 0) is 16.7 Å². The highest BCUT2D eigenvalue weighted by molar-refractivity contribution is 5.76. The van der Waals surface area contributed by atoms with E-state index in [0.29, 0.717) is 30.9 Å². The topological polar surface area (TPSA) is 209 Å². The Bertz CT molecular complexity index is 1660. The predicted molar refractivity (Wildman–Crippen MR) is 159 cm³/mol. The van der Waals surface area contributed by atoms with Crippen molar-refractivity contribution in [3.63, 3.8) is 0 Å². The number of piperidine rings is 1. The number of carbonyl (C=O) groups is 2. The normalized spacial score (nSPS) is 26.2. The summed E-state index contributed by atoms with van der Waals surface area (Å²) < 4.78 is 82.3. The Hall–Kier alpha value is -3.60. The highest BCUT2D eigenvalue weighted by Gasteiger charge is 2.77. The predicted octanol–water partition coefficient (Wildman–Crippen LogP) is 1.30. The fourth-order valence-electron chi connectivity index (χ4n) is 6.76. The molecule has 2 heterocycles. The maximum atomic E-state index is 14.2. The molecule has 4 atom stereocenters. The maximum absolute atomic E-state index is 14.2. The third-order valence-electron chi connectivity index (χ3n) is 9.63. The number of hydrogen-bond acceptors (Lipinski definition) is 11. The summed E-state index contributed by atoms with van der Waals surface area (Å²) in [4.78, 5) is 27.4. The fraction of sp³-hybridized carbons (Fsp3) is 0.548. The summed E-state index contributed by atoms with van der Waals surface area (Å²) >= 11 is 0. The largest absolute Gasteiger partial charge is 0.416 e. The Morgan fingerprint density at radius 2 is 1.51 bits per heavy atom. The lowest BCUT2D eigenvalue weighted by atomic mass is 9.85. The first-order chi connectivity index (χ1) is 23.0. The number of nitrogens with zero attached hydrogens (tertiary/aromatic N) is 4. The van der Waals surface area contributed by atoms with Gasteiger partial charge in [-0.25, -0.2) is 27.8 Å². The van der Waals surface area contributed by atoms with Crippen LogP contribution < -0.4 is 0 Å². The van der Waals surface area contributed by atoms with Gasteiger partial charge in [-0.05, 0) is 75.1 Å². The van der Waals surface area contributed by atoms with E-state index in [4.69, 9.17) is 0 Å². The molecule has 4 rings (SSSR count). The number of urea groups is 1. The molecule has 0 spiro atoms. The minimum atomic E-state index is -5.11. The maximum Gasteiger partial charge on any atom is 0.416 e. The summed E-state index contributed by atoms with van der Waals surface area (Å²) in [6.07, 6.45) is -9.53. The van der Waals surface area contributed by atoms with Crippen LogP contribution >= 0.6 is 0 Å². The van der Waals surface area contributed by atoms with Crippen LogP contribution in [0.25, 0.3) is 0 Å². The van der Waals surface area contributed by atoms with E-state index in [-0.39, 0.29) is 22.1 Å². The van der Waals surface area contributed by atoms with Crippen LogP contribution in [0, 0.1) is 12.7 Å². The quantitative estimate of drug-likeness (QED) is 0.162. The standard InChI is InChI=1S/C31H38F6N4O10/c1-15-10-20(32)6-7-22(15)23-14-21(41-27(4,45)29(46,47)40(16(2)42)30(48,49)31(41,50)51)8-9-39(23)25(43)38(5)26(3,44)18-11-17(24(33)34)12-19(13-18)28(35,36)37/h6-7,10-13,21,23-24,44-51H,8-9,14H2,1-5H3. The van der Waals surface area contributed by atoms with E-state index in [1.807, 2.05) is 0 Å². The molecule has 0 saturated carbocycles. The van der Waals surface area contributed by atoms with Crippen molar-refractivity contribution in [3.8, 4) is 0 Å². The van der Waals surface area contributed by atoms with Gasteiger partial charge in [-0.15, -0.1) is 0 Å². The Kier molecular flexibility index (Phi) is 10.1. The first-order valence-corrected chi connectivity index (χ1v) is 15.2. The van der Waals surface area contributed by atoms with Gasteiger partial charge < -0.3 is 45.8 Å². The number of rotatable bonds is 5. The number of aliphatic hydroxyl groups is 8. The number of benzene rings is 2. The van der Waals surface area contributed by atoms with Crippen molar-refractivity contribution < 1.29 is 76.8 Å². The zero-order chi connectivity index (χ0) is 39.0. The van der Waals surface area contributed by atoms with Gasteiger partial charge in [-0.2, -0.15) is 13.2 Å². The highest BCUT2D eigenvalue weighted by atomic mass is 19.4. The third kappa shape index (κ3) is 6.52. The van der Waals surface area contributed by atoms with Gasteiger partial charge in [0.1, 0.15) is 5.82 Å². The smallest absolute Gasteiger partial charge is 0.369 e. The zero-order valence-corrected chi connectivity index (χ0v) is 27.8. The van der Waals surface area contributed by atoms with E-state index in [1.54, 1.807) is 0 Å². The SMILES string of the molecule is CC(=O)N1C(O)(O)C(C)(O)N(C2CCN(C(=O)N(C)C(C)(O)c3cc(C(F)F)cc(C(F)(F)F)c3)C(c3ccc(F)cc3C)C2)C(O)(O)C1(O)O. The second-order valence-corrected chi connectivity index (χ2v) is 13.0. The molecule has 0 aromatic heterocycles. The number of likely N-dealkylation sites (tertiary alicyclic amines) is 1. The van der Waals surface area contributed by atoms with Gasteiger partial charge >= 0.3 is 24.0 Å². The number of hydrogen-bond donors (Lipinski definition) is 8. The minimum Gasteiger partial charge on any atom is -0.369 e. The molecule has 2 aromatic rings. The van der Waals surface area contributed by atoms with E-state index in [2.05, 4.69) is 0 Å². The molecule has 4 unspecified atom stereocenters. The molecule has 14 nitrogen and oxygen atoms in total. The average Bonchev–Trinajstić information content (AvgIpc) is 2.98. The first-order valence-electron chi connectivity index (χ1n) is 15.2. The van der Waals surface area contributed by atoms with Gasteiger partial charge in [0, 0.05) is 37.7 Å². The van der Waals surface area contributed by atoms with Crippen molar-refractivity contribution >= 4 is 11.9 Å². The van der Waals surface area contributed by atoms with Crippen molar-refractivity contribution in [1.82, 2.24) is 19.6 Å². The first kappa shape index (κ1) is 40.2. The van der Waals surface area contributed by atoms with Crippen molar-refractivity contribution in [2.75, 3.05) is 13.6 Å². The molecule has 2 fully saturated rings. The van der Waals surface area contributed by atoms with Crippen LogP contribution in [0.3, 0.4) is 0 Å². The molecule has 2 aliphatic rings. The van der Waals surface area contributed by atoms with Crippen LogP contribution in [0.4, 0.5) is 31.1 Å². The average molecular weight is 741 g/mol. The van der Waals surface area contributed by atoms with E-state index in [1.165, 1.54) is 13.0 Å². The zero-order valence-electron chi connectivity index (χ0n) is 27.8. The van der Waals surface area contributed by atoms with Crippen molar-refractivity contribution in [3.05, 3.63) is 70.0 Å². The molecular formula is C31H38F6N4O10. The number of amides is 3. The van der Waals surface area contributed by atoms with Crippen LogP contribution in [-0.4, -0.2) is 115 Å². The summed E-state index contributed by atoms with van der Waals surface area (Å²) in [5.74, 6) is -14.4. The minimum absolute atomic E-state index is 0.0987. The lowest BCUT2D eigenvalue weighted by Crippen LogP contribution is -2.91. The van der Waals surface area contributed by atoms with Crippen molar-refractivity contribution in [2.45, 2.75) is 94.4 Å². The van der Waals surface area contributed by atoms with Crippen molar-refractivity contribution in [2.24, 2.45) is 0 Å². The molecule has 3 amide bonds. The summed E-state index contributed by atoms with van der Waals surface area (Å²) in [6.45, 7) is 3.00. The van der Waals surface area contributed by atoms with Gasteiger partial charge in [0.2, 0.25) is 5.91 Å². The lowest BCUT2D eigenvalue weighted by Gasteiger charge is -2.64. The number of halogens is 6. The summed E-state index contributed by atoms with van der Waals surface area (Å²) in [7, 11) is 0.960. The highest BCUT2D eigenvalue weighted by Crippen LogP contribution is 2.49. The molecule has 2 aromatic carbocycles. The Morgan fingerprint density at radius 3 is 2.02 bits per heavy atom. The number of aryl methyl sites for hydroxylation is 1. The molecule has 0 radical (unpaired) electrons. The Balaban J connectivity index is 1.81. The number of alkyl halides is 5. The summed E-state index contributed by atoms with van der Waals surface area (Å²) in [5, 5.41) is 88.2. The molecule has 20 heteroatoms. The van der Waals surface area contributed by atoms with Crippen LogP contribution in [0.1, 0.15) is 73.9 Å². The monoisotopic (exact) mass is 740 g/mol. The van der Waals surface area contributed by atoms with Crippen LogP contribution in [0.15, 0.2) is 36.4 Å². The fourth-order valence-corrected chi connectivity index (χ4v) is 6.76. The summed E-state index contributed by atoms with van der Waals surface area (Å²) in [5.41, 5.74) is -8.99. The van der Waals surface area contributed by atoms with E-state index in [0.717, 1.165) is 31.0 Å². The summed E-state index contributed by atoms with van der Waals surface area (Å²) in [6, 6.07) is 0.429. The van der Waals surface area contributed by atoms with Gasteiger partial charge in [0.05, 0.1) is 11.6 Å². The Morgan fingerprint density at radius 1 is 0.941 bits per heavy atom. The lowest BCUT2D eigenvalue weighted by molar-refractivity contribution is -0.570. The molecule has 284 valence electrons. The van der Waals surface area contributed by atoms with E-state index >= 15 is 0 Å². The molecule has 2 saturated heterocycles. The van der Waals surface area contributed by atoms with Gasteiger partial charge in [0.15, 0.2) is 11.4 Å². The second kappa shape index (κ2) is 12.8. The number of piperazine rings is 1. The molecule has 2 aliphatic heterocycles. The number of carbonyl (C=O) groups excluding carboxylic acids is 2. The molecule has 51 heavy (non-hydrogen) atoms. The second-order valence-electron chi connectivity index (χ2n) is 13.0. The van der Waals surface area contributed by atoms with E-state index in [9.17, 15) is 76.8 Å². The van der Waals surface area contributed by atoms with Crippen molar-refractivity contribution in [1.29, 1.82) is 0 Å². The van der Waals surface area contributed by atoms with Crippen LogP contribution in [0.2, 0.25) is 0 Å². The molecular weight excluding hydrogens is 702 g/mol. The van der Waals surface area contributed by atoms with Gasteiger partial charge in [0.25, 0.3) is 12.3 Å². The van der Waals surface area contributed by atoms with Gasteiger partial charge in [-0.3, -0.25) is 9.69 Å². The van der Waals surface area contributed by atoms with E-state index < -0.39 is 113 Å². The third-order valence-corrected chi connectivity index (χ3v) is 9.63. The molecule has 8 N–H and O–H groups in total. The molecule has 0 aliphatic carbocycles. The molecule has 0 bridgehead atoms. The van der Waals surface area contributed by atoms with Crippen LogP contribution in [0.5, 0.6) is 0 Å².